The number of nitrogens with one attached hydrogen (secondary N) is 1. The van der Waals surface area contributed by atoms with E-state index in [9.17, 15) is 18.0 Å². The zero-order valence-electron chi connectivity index (χ0n) is 27.4. The molecule has 0 saturated heterocycles. The number of methoxy groups -OCH3 is 2. The maximum absolute atomic E-state index is 14.6. The van der Waals surface area contributed by atoms with E-state index in [0.29, 0.717) is 16.3 Å². The van der Waals surface area contributed by atoms with Gasteiger partial charge in [-0.1, -0.05) is 77.3 Å². The van der Waals surface area contributed by atoms with Crippen LogP contribution in [0.4, 0.5) is 5.69 Å². The van der Waals surface area contributed by atoms with Gasteiger partial charge in [0.25, 0.3) is 10.0 Å². The van der Waals surface area contributed by atoms with Gasteiger partial charge in [0.05, 0.1) is 34.8 Å². The predicted octanol–water partition coefficient (Wildman–Crippen LogP) is 6.68. The molecule has 0 radical (unpaired) electrons. The second-order valence-electron chi connectivity index (χ2n) is 11.5. The second-order valence-corrected chi connectivity index (χ2v) is 14.2. The number of amides is 2. The maximum atomic E-state index is 14.6. The van der Waals surface area contributed by atoms with E-state index in [2.05, 4.69) is 5.32 Å². The van der Waals surface area contributed by atoms with Crippen LogP contribution in [0.2, 0.25) is 10.0 Å². The van der Waals surface area contributed by atoms with E-state index in [4.69, 9.17) is 32.7 Å². The first-order chi connectivity index (χ1) is 22.8. The number of carbonyl (C=O) groups is 2. The smallest absolute Gasteiger partial charge is 0.264 e. The highest BCUT2D eigenvalue weighted by Gasteiger charge is 2.35. The SMILES string of the molecule is COc1ccc(S(=O)(=O)N(CC(=O)N(Cc2ccc(Cl)c(Cl)c2)[C@H](Cc2ccccc2)C(=O)NC(C)C)c2ccc(C)cc2)cc1OC. The highest BCUT2D eigenvalue weighted by molar-refractivity contribution is 7.92. The number of sulfonamides is 1. The average Bonchev–Trinajstić information content (AvgIpc) is 3.06. The van der Waals surface area contributed by atoms with Gasteiger partial charge in [-0.2, -0.15) is 0 Å². The first-order valence-electron chi connectivity index (χ1n) is 15.2. The fourth-order valence-electron chi connectivity index (χ4n) is 5.11. The molecule has 4 aromatic rings. The Bertz CT molecular complexity index is 1840. The highest BCUT2D eigenvalue weighted by atomic mass is 35.5. The Morgan fingerprint density at radius 2 is 1.48 bits per heavy atom. The standard InChI is InChI=1S/C36H39Cl2N3O6S/c1-24(2)39-36(43)32(20-26-9-7-6-8-10-26)40(22-27-13-17-30(37)31(38)19-27)35(42)23-41(28-14-11-25(3)12-15-28)48(44,45)29-16-18-33(46-4)34(21-29)47-5/h6-19,21,24,32H,20,22-23H2,1-5H3,(H,39,43)/t32-/m1/s1. The van der Waals surface area contributed by atoms with Crippen molar-refractivity contribution in [2.24, 2.45) is 0 Å². The van der Waals surface area contributed by atoms with Gasteiger partial charge in [0, 0.05) is 25.1 Å². The number of aryl methyl sites for hydroxylation is 1. The zero-order chi connectivity index (χ0) is 35.0. The molecular formula is C36H39Cl2N3O6S. The van der Waals surface area contributed by atoms with Crippen LogP contribution < -0.4 is 19.1 Å². The minimum atomic E-state index is -4.35. The van der Waals surface area contributed by atoms with Gasteiger partial charge in [-0.15, -0.1) is 0 Å². The summed E-state index contributed by atoms with van der Waals surface area (Å²) >= 11 is 12.5. The van der Waals surface area contributed by atoms with E-state index in [1.165, 1.54) is 37.3 Å². The van der Waals surface area contributed by atoms with Crippen molar-refractivity contribution in [2.45, 2.75) is 50.7 Å². The van der Waals surface area contributed by atoms with Crippen molar-refractivity contribution < 1.29 is 27.5 Å². The number of carbonyl (C=O) groups excluding carboxylic acids is 2. The molecule has 0 aliphatic carbocycles. The Hall–Kier alpha value is -4.25. The quantitative estimate of drug-likeness (QED) is 0.157. The van der Waals surface area contributed by atoms with Crippen molar-refractivity contribution in [3.8, 4) is 11.5 Å². The molecule has 0 saturated carbocycles. The van der Waals surface area contributed by atoms with Gasteiger partial charge in [0.2, 0.25) is 11.8 Å². The summed E-state index contributed by atoms with van der Waals surface area (Å²) in [6.07, 6.45) is 0.180. The third-order valence-electron chi connectivity index (χ3n) is 7.58. The van der Waals surface area contributed by atoms with Crippen molar-refractivity contribution in [1.29, 1.82) is 0 Å². The van der Waals surface area contributed by atoms with Crippen molar-refractivity contribution in [3.63, 3.8) is 0 Å². The molecule has 4 aromatic carbocycles. The second kappa shape index (κ2) is 16.2. The van der Waals surface area contributed by atoms with Gasteiger partial charge in [-0.05, 0) is 68.3 Å². The van der Waals surface area contributed by atoms with Crippen molar-refractivity contribution >= 4 is 50.7 Å². The molecule has 0 aromatic heterocycles. The fourth-order valence-corrected chi connectivity index (χ4v) is 6.86. The van der Waals surface area contributed by atoms with Crippen molar-refractivity contribution in [2.75, 3.05) is 25.1 Å². The molecule has 12 heteroatoms. The van der Waals surface area contributed by atoms with Crippen LogP contribution in [0.3, 0.4) is 0 Å². The summed E-state index contributed by atoms with van der Waals surface area (Å²) in [7, 11) is -1.49. The lowest BCUT2D eigenvalue weighted by Crippen LogP contribution is -2.54. The monoisotopic (exact) mass is 711 g/mol. The third kappa shape index (κ3) is 9.00. The molecule has 0 aliphatic heterocycles. The molecule has 254 valence electrons. The summed E-state index contributed by atoms with van der Waals surface area (Å²) in [5.74, 6) is -0.428. The number of nitrogens with zero attached hydrogens (tertiary/aromatic N) is 2. The first-order valence-corrected chi connectivity index (χ1v) is 17.4. The molecule has 0 aliphatic rings. The predicted molar refractivity (Wildman–Crippen MR) is 189 cm³/mol. The van der Waals surface area contributed by atoms with Gasteiger partial charge < -0.3 is 19.7 Å². The van der Waals surface area contributed by atoms with Crippen molar-refractivity contribution in [1.82, 2.24) is 10.2 Å². The molecule has 4 rings (SSSR count). The van der Waals surface area contributed by atoms with Crippen LogP contribution in [0.25, 0.3) is 0 Å². The lowest BCUT2D eigenvalue weighted by Gasteiger charge is -2.34. The Morgan fingerprint density at radius 3 is 2.08 bits per heavy atom. The van der Waals surface area contributed by atoms with Crippen LogP contribution in [0.1, 0.15) is 30.5 Å². The molecule has 0 fully saturated rings. The summed E-state index contributed by atoms with van der Waals surface area (Å²) < 4.78 is 40.5. The van der Waals surface area contributed by atoms with Gasteiger partial charge in [0.1, 0.15) is 12.6 Å². The van der Waals surface area contributed by atoms with E-state index >= 15 is 0 Å². The molecule has 0 bridgehead atoms. The molecule has 2 amide bonds. The minimum absolute atomic E-state index is 0.0448. The minimum Gasteiger partial charge on any atom is -0.493 e. The maximum Gasteiger partial charge on any atom is 0.264 e. The number of benzene rings is 4. The Balaban J connectivity index is 1.84. The Morgan fingerprint density at radius 1 is 0.812 bits per heavy atom. The van der Waals surface area contributed by atoms with Crippen molar-refractivity contribution in [3.05, 3.63) is 118 Å². The van der Waals surface area contributed by atoms with E-state index in [0.717, 1.165) is 15.4 Å². The zero-order valence-corrected chi connectivity index (χ0v) is 29.8. The third-order valence-corrected chi connectivity index (χ3v) is 10.1. The topological polar surface area (TPSA) is 105 Å². The van der Waals surface area contributed by atoms with E-state index in [1.807, 2.05) is 51.1 Å². The highest BCUT2D eigenvalue weighted by Crippen LogP contribution is 2.33. The van der Waals surface area contributed by atoms with E-state index in [-0.39, 0.29) is 46.3 Å². The summed E-state index contributed by atoms with van der Waals surface area (Å²) in [6.45, 7) is 4.88. The summed E-state index contributed by atoms with van der Waals surface area (Å²) in [6, 6.07) is 24.1. The molecule has 48 heavy (non-hydrogen) atoms. The molecule has 1 N–H and O–H groups in total. The van der Waals surface area contributed by atoms with E-state index in [1.54, 1.807) is 42.5 Å². The van der Waals surface area contributed by atoms with Crippen LogP contribution in [0.5, 0.6) is 11.5 Å². The Kier molecular flexibility index (Phi) is 12.4. The molecule has 0 unspecified atom stereocenters. The summed E-state index contributed by atoms with van der Waals surface area (Å²) in [5.41, 5.74) is 2.60. The average molecular weight is 713 g/mol. The molecule has 0 heterocycles. The number of ether oxygens (including phenoxy) is 2. The normalized spacial score (nSPS) is 11.9. The largest absolute Gasteiger partial charge is 0.493 e. The number of hydrogen-bond acceptors (Lipinski definition) is 6. The van der Waals surface area contributed by atoms with Crippen LogP contribution in [0.15, 0.2) is 95.9 Å². The van der Waals surface area contributed by atoms with Gasteiger partial charge in [0.15, 0.2) is 11.5 Å². The lowest BCUT2D eigenvalue weighted by molar-refractivity contribution is -0.140. The number of rotatable bonds is 14. The number of halogens is 2. The number of hydrogen-bond donors (Lipinski definition) is 1. The van der Waals surface area contributed by atoms with Crippen LogP contribution in [-0.4, -0.2) is 58.0 Å². The lowest BCUT2D eigenvalue weighted by atomic mass is 10.0. The summed E-state index contributed by atoms with van der Waals surface area (Å²) in [4.78, 5) is 29.7. The number of anilines is 1. The molecule has 0 spiro atoms. The molecular weight excluding hydrogens is 673 g/mol. The molecule has 1 atom stereocenters. The van der Waals surface area contributed by atoms with E-state index < -0.39 is 28.5 Å². The summed E-state index contributed by atoms with van der Waals surface area (Å²) in [5, 5.41) is 3.56. The van der Waals surface area contributed by atoms with Gasteiger partial charge in [-0.25, -0.2) is 8.42 Å². The van der Waals surface area contributed by atoms with Crippen LogP contribution >= 0.6 is 23.2 Å². The molecule has 9 nitrogen and oxygen atoms in total. The van der Waals surface area contributed by atoms with Gasteiger partial charge in [-0.3, -0.25) is 13.9 Å². The fraction of sp³-hybridized carbons (Fsp3) is 0.278. The van der Waals surface area contributed by atoms with Crippen LogP contribution in [-0.2, 0) is 32.6 Å². The Labute approximate surface area is 292 Å². The van der Waals surface area contributed by atoms with Gasteiger partial charge >= 0.3 is 0 Å². The van der Waals surface area contributed by atoms with Crippen LogP contribution in [0, 0.1) is 6.92 Å². The first kappa shape index (κ1) is 36.6.